The molecular formula is C25H28N4O6. The number of carbonyl (C=O) groups is 3. The van der Waals surface area contributed by atoms with Crippen LogP contribution in [0.25, 0.3) is 11.0 Å². The molecule has 2 heterocycles. The Kier molecular flexibility index (Phi) is 6.99. The van der Waals surface area contributed by atoms with Crippen LogP contribution in [0, 0.1) is 12.8 Å². The molecule has 1 amide bonds. The Morgan fingerprint density at radius 3 is 2.49 bits per heavy atom. The smallest absolute Gasteiger partial charge is 0.323 e. The Hall–Kier alpha value is -3.95. The molecular weight excluding hydrogens is 452 g/mol. The fourth-order valence-electron chi connectivity index (χ4n) is 4.93. The summed E-state index contributed by atoms with van der Waals surface area (Å²) in [5, 5.41) is 19.5. The maximum absolute atomic E-state index is 13.2. The molecule has 1 aliphatic carbocycles. The number of aryl methyl sites for hydroxylation is 3. The van der Waals surface area contributed by atoms with E-state index in [4.69, 9.17) is 0 Å². The van der Waals surface area contributed by atoms with E-state index in [0.717, 1.165) is 24.0 Å². The standard InChI is InChI=1S/C25H28N4O6/c1-14-27-22-21(23(32)28-14)17(12-26-22)11-8-15-6-9-16(10-7-15)24(33)29(13-20(30)31)19-5-3-2-4-18(19)25(34)35/h6-7,9-10,12,18-19H,2-5,8,11,13H2,1H3,(H,30,31)(H,34,35)(H2,26,27,28,32). The molecule has 1 aromatic carbocycles. The minimum absolute atomic E-state index is 0.189. The number of carboxylic acid groups (broad SMARTS) is 2. The fraction of sp³-hybridized carbons (Fsp3) is 0.400. The van der Waals surface area contributed by atoms with Crippen LogP contribution in [0.15, 0.2) is 35.3 Å². The van der Waals surface area contributed by atoms with Gasteiger partial charge in [-0.15, -0.1) is 0 Å². The second kappa shape index (κ2) is 10.1. The number of amides is 1. The molecule has 2 aromatic heterocycles. The number of H-pyrrole nitrogens is 2. The summed E-state index contributed by atoms with van der Waals surface area (Å²) >= 11 is 0. The van der Waals surface area contributed by atoms with Gasteiger partial charge in [0.15, 0.2) is 0 Å². The predicted octanol–water partition coefficient (Wildman–Crippen LogP) is 2.52. The molecule has 10 heteroatoms. The van der Waals surface area contributed by atoms with Crippen molar-refractivity contribution in [1.82, 2.24) is 19.9 Å². The second-order valence-electron chi connectivity index (χ2n) is 9.01. The van der Waals surface area contributed by atoms with Gasteiger partial charge in [0, 0.05) is 17.8 Å². The SMILES string of the molecule is Cc1nc2[nH]cc(CCc3ccc(C(=O)N(CC(=O)O)C4CCCCC4C(=O)O)cc3)c2c(=O)[nH]1. The van der Waals surface area contributed by atoms with Gasteiger partial charge in [-0.3, -0.25) is 19.2 Å². The van der Waals surface area contributed by atoms with Crippen LogP contribution in [-0.4, -0.2) is 60.5 Å². The zero-order valence-electron chi connectivity index (χ0n) is 19.4. The van der Waals surface area contributed by atoms with Gasteiger partial charge < -0.3 is 25.1 Å². The van der Waals surface area contributed by atoms with E-state index < -0.39 is 36.4 Å². The van der Waals surface area contributed by atoms with E-state index in [1.807, 2.05) is 0 Å². The van der Waals surface area contributed by atoms with E-state index in [1.54, 1.807) is 37.4 Å². The molecule has 1 saturated carbocycles. The lowest BCUT2D eigenvalue weighted by Gasteiger charge is -2.37. The third-order valence-corrected chi connectivity index (χ3v) is 6.64. The molecule has 184 valence electrons. The highest BCUT2D eigenvalue weighted by atomic mass is 16.4. The molecule has 2 unspecified atom stereocenters. The van der Waals surface area contributed by atoms with E-state index in [2.05, 4.69) is 15.0 Å². The van der Waals surface area contributed by atoms with Crippen LogP contribution in [0.5, 0.6) is 0 Å². The van der Waals surface area contributed by atoms with Crippen LogP contribution < -0.4 is 5.56 Å². The summed E-state index contributed by atoms with van der Waals surface area (Å²) in [6.07, 6.45) is 5.38. The van der Waals surface area contributed by atoms with E-state index >= 15 is 0 Å². The summed E-state index contributed by atoms with van der Waals surface area (Å²) < 4.78 is 0. The molecule has 0 aliphatic heterocycles. The Bertz CT molecular complexity index is 1310. The number of nitrogens with one attached hydrogen (secondary N) is 2. The van der Waals surface area contributed by atoms with Crippen LogP contribution in [-0.2, 0) is 22.4 Å². The second-order valence-corrected chi connectivity index (χ2v) is 9.01. The quantitative estimate of drug-likeness (QED) is 0.386. The molecule has 2 atom stereocenters. The van der Waals surface area contributed by atoms with Crippen molar-refractivity contribution in [2.24, 2.45) is 5.92 Å². The summed E-state index contributed by atoms with van der Waals surface area (Å²) in [4.78, 5) is 60.0. The Labute approximate surface area is 201 Å². The number of aliphatic carboxylic acids is 2. The third-order valence-electron chi connectivity index (χ3n) is 6.64. The van der Waals surface area contributed by atoms with Gasteiger partial charge in [0.25, 0.3) is 11.5 Å². The van der Waals surface area contributed by atoms with Crippen LogP contribution in [0.1, 0.15) is 53.0 Å². The van der Waals surface area contributed by atoms with Gasteiger partial charge >= 0.3 is 11.9 Å². The lowest BCUT2D eigenvalue weighted by molar-refractivity contribution is -0.147. The number of aromatic nitrogens is 3. The Balaban J connectivity index is 1.49. The first-order valence-electron chi connectivity index (χ1n) is 11.7. The number of benzene rings is 1. The van der Waals surface area contributed by atoms with Crippen molar-refractivity contribution in [3.8, 4) is 0 Å². The van der Waals surface area contributed by atoms with Gasteiger partial charge in [0.1, 0.15) is 18.0 Å². The number of hydrogen-bond donors (Lipinski definition) is 4. The number of rotatable bonds is 8. The number of hydrogen-bond acceptors (Lipinski definition) is 5. The highest BCUT2D eigenvalue weighted by Gasteiger charge is 2.38. The average Bonchev–Trinajstić information content (AvgIpc) is 3.24. The molecule has 0 bridgehead atoms. The highest BCUT2D eigenvalue weighted by molar-refractivity contribution is 5.96. The van der Waals surface area contributed by atoms with Crippen LogP contribution in [0.4, 0.5) is 0 Å². The lowest BCUT2D eigenvalue weighted by atomic mass is 9.83. The first-order chi connectivity index (χ1) is 16.7. The molecule has 4 N–H and O–H groups in total. The highest BCUT2D eigenvalue weighted by Crippen LogP contribution is 2.30. The lowest BCUT2D eigenvalue weighted by Crippen LogP contribution is -2.50. The third kappa shape index (κ3) is 5.26. The summed E-state index contributed by atoms with van der Waals surface area (Å²) in [5.74, 6) is -2.90. The summed E-state index contributed by atoms with van der Waals surface area (Å²) in [5.41, 5.74) is 2.46. The molecule has 3 aromatic rings. The van der Waals surface area contributed by atoms with Crippen molar-refractivity contribution in [1.29, 1.82) is 0 Å². The molecule has 1 aliphatic rings. The van der Waals surface area contributed by atoms with Gasteiger partial charge in [0.05, 0.1) is 11.3 Å². The van der Waals surface area contributed by atoms with Gasteiger partial charge in [0.2, 0.25) is 0 Å². The van der Waals surface area contributed by atoms with Crippen molar-refractivity contribution < 1.29 is 24.6 Å². The number of carboxylic acids is 2. The van der Waals surface area contributed by atoms with Crippen LogP contribution >= 0.6 is 0 Å². The van der Waals surface area contributed by atoms with Crippen molar-refractivity contribution in [2.75, 3.05) is 6.54 Å². The molecule has 0 saturated heterocycles. The van der Waals surface area contributed by atoms with E-state index in [0.29, 0.717) is 48.1 Å². The number of carbonyl (C=O) groups excluding carboxylic acids is 1. The number of fused-ring (bicyclic) bond motifs is 1. The first kappa shape index (κ1) is 24.2. The van der Waals surface area contributed by atoms with Gasteiger partial charge in [-0.2, -0.15) is 0 Å². The zero-order chi connectivity index (χ0) is 25.1. The van der Waals surface area contributed by atoms with E-state index in [9.17, 15) is 29.4 Å². The minimum Gasteiger partial charge on any atom is -0.481 e. The molecule has 0 radical (unpaired) electrons. The largest absolute Gasteiger partial charge is 0.481 e. The topological polar surface area (TPSA) is 156 Å². The minimum atomic E-state index is -1.18. The van der Waals surface area contributed by atoms with E-state index in [1.165, 1.54) is 4.90 Å². The summed E-state index contributed by atoms with van der Waals surface area (Å²) in [6, 6.07) is 6.21. The predicted molar refractivity (Wildman–Crippen MR) is 127 cm³/mol. The molecule has 1 fully saturated rings. The van der Waals surface area contributed by atoms with Crippen LogP contribution in [0.2, 0.25) is 0 Å². The maximum atomic E-state index is 13.2. The van der Waals surface area contributed by atoms with Gasteiger partial charge in [-0.25, -0.2) is 4.98 Å². The number of nitrogens with zero attached hydrogens (tertiary/aromatic N) is 2. The van der Waals surface area contributed by atoms with Crippen LogP contribution in [0.3, 0.4) is 0 Å². The van der Waals surface area contributed by atoms with Crippen molar-refractivity contribution in [3.63, 3.8) is 0 Å². The van der Waals surface area contributed by atoms with Gasteiger partial charge in [-0.05, 0) is 55.9 Å². The van der Waals surface area contributed by atoms with Crippen molar-refractivity contribution in [3.05, 3.63) is 63.3 Å². The molecule has 4 rings (SSSR count). The zero-order valence-corrected chi connectivity index (χ0v) is 19.4. The molecule has 0 spiro atoms. The summed E-state index contributed by atoms with van der Waals surface area (Å²) in [6.45, 7) is 1.18. The first-order valence-corrected chi connectivity index (χ1v) is 11.7. The number of aromatic amines is 2. The Morgan fingerprint density at radius 1 is 1.09 bits per heavy atom. The van der Waals surface area contributed by atoms with Crippen molar-refractivity contribution >= 4 is 28.9 Å². The maximum Gasteiger partial charge on any atom is 0.323 e. The molecule has 10 nitrogen and oxygen atoms in total. The van der Waals surface area contributed by atoms with Gasteiger partial charge in [-0.1, -0.05) is 25.0 Å². The van der Waals surface area contributed by atoms with E-state index in [-0.39, 0.29) is 5.56 Å². The average molecular weight is 481 g/mol. The van der Waals surface area contributed by atoms with Crippen molar-refractivity contribution in [2.45, 2.75) is 51.5 Å². The fourth-order valence-corrected chi connectivity index (χ4v) is 4.93. The monoisotopic (exact) mass is 480 g/mol. The Morgan fingerprint density at radius 2 is 1.80 bits per heavy atom. The summed E-state index contributed by atoms with van der Waals surface area (Å²) in [7, 11) is 0. The normalized spacial score (nSPS) is 17.9. The molecule has 35 heavy (non-hydrogen) atoms.